The number of carboxylic acids is 1. The second-order valence-electron chi connectivity index (χ2n) is 4.30. The highest BCUT2D eigenvalue weighted by Crippen LogP contribution is 2.22. The Morgan fingerprint density at radius 2 is 1.95 bits per heavy atom. The van der Waals surface area contributed by atoms with Crippen molar-refractivity contribution in [2.24, 2.45) is 0 Å². The number of halogens is 2. The molecule has 2 aromatic rings. The minimum absolute atomic E-state index is 0.0766. The van der Waals surface area contributed by atoms with Gasteiger partial charge in [-0.25, -0.2) is 4.79 Å². The third-order valence-electron chi connectivity index (χ3n) is 2.80. The summed E-state index contributed by atoms with van der Waals surface area (Å²) < 4.78 is 5.26. The predicted octanol–water partition coefficient (Wildman–Crippen LogP) is 3.52. The van der Waals surface area contributed by atoms with E-state index in [1.54, 1.807) is 13.0 Å². The zero-order valence-electron chi connectivity index (χ0n) is 10.9. The third kappa shape index (κ3) is 3.56. The van der Waals surface area contributed by atoms with Gasteiger partial charge in [0.2, 0.25) is 0 Å². The van der Waals surface area contributed by atoms with Crippen LogP contribution < -0.4 is 5.32 Å². The molecule has 21 heavy (non-hydrogen) atoms. The van der Waals surface area contributed by atoms with Crippen molar-refractivity contribution < 1.29 is 19.1 Å². The summed E-state index contributed by atoms with van der Waals surface area (Å²) in [5.74, 6) is -0.780. The van der Waals surface area contributed by atoms with Crippen LogP contribution in [0.1, 0.15) is 32.2 Å². The van der Waals surface area contributed by atoms with Crippen molar-refractivity contribution in [2.75, 3.05) is 0 Å². The van der Waals surface area contributed by atoms with Crippen molar-refractivity contribution in [3.8, 4) is 0 Å². The van der Waals surface area contributed by atoms with Crippen LogP contribution in [-0.2, 0) is 6.54 Å². The molecule has 7 heteroatoms. The van der Waals surface area contributed by atoms with Crippen LogP contribution in [0.25, 0.3) is 0 Å². The first-order valence-corrected chi connectivity index (χ1v) is 6.70. The van der Waals surface area contributed by atoms with E-state index in [-0.39, 0.29) is 23.0 Å². The summed E-state index contributed by atoms with van der Waals surface area (Å²) in [7, 11) is 0. The fourth-order valence-electron chi connectivity index (χ4n) is 1.75. The van der Waals surface area contributed by atoms with Gasteiger partial charge in [0.05, 0.1) is 16.6 Å². The Labute approximate surface area is 130 Å². The van der Waals surface area contributed by atoms with Crippen molar-refractivity contribution in [3.63, 3.8) is 0 Å². The van der Waals surface area contributed by atoms with Gasteiger partial charge in [0.25, 0.3) is 5.91 Å². The fourth-order valence-corrected chi connectivity index (χ4v) is 2.05. The number of hydrogen-bond donors (Lipinski definition) is 2. The molecule has 1 aromatic carbocycles. The summed E-state index contributed by atoms with van der Waals surface area (Å²) in [4.78, 5) is 22.8. The van der Waals surface area contributed by atoms with Crippen LogP contribution in [0.4, 0.5) is 0 Å². The summed E-state index contributed by atoms with van der Waals surface area (Å²) in [6.45, 7) is 1.63. The van der Waals surface area contributed by atoms with E-state index in [0.717, 1.165) is 0 Å². The molecule has 1 amide bonds. The van der Waals surface area contributed by atoms with Crippen LogP contribution in [0.15, 0.2) is 28.7 Å². The van der Waals surface area contributed by atoms with Crippen LogP contribution in [-0.4, -0.2) is 17.0 Å². The number of aryl methyl sites for hydroxylation is 1. The molecule has 0 saturated carbocycles. The molecule has 1 heterocycles. The van der Waals surface area contributed by atoms with Gasteiger partial charge in [0, 0.05) is 5.56 Å². The van der Waals surface area contributed by atoms with Crippen LogP contribution in [0, 0.1) is 6.92 Å². The summed E-state index contributed by atoms with van der Waals surface area (Å²) in [5.41, 5.74) is 0.430. The van der Waals surface area contributed by atoms with Gasteiger partial charge in [-0.3, -0.25) is 4.79 Å². The second-order valence-corrected chi connectivity index (χ2v) is 5.11. The maximum absolute atomic E-state index is 11.9. The van der Waals surface area contributed by atoms with Gasteiger partial charge >= 0.3 is 5.97 Å². The van der Waals surface area contributed by atoms with E-state index < -0.39 is 5.97 Å². The lowest BCUT2D eigenvalue weighted by Crippen LogP contribution is -2.22. The molecular weight excluding hydrogens is 317 g/mol. The average Bonchev–Trinajstić information content (AvgIpc) is 2.80. The molecule has 2 N–H and O–H groups in total. The molecule has 0 spiro atoms. The van der Waals surface area contributed by atoms with Crippen molar-refractivity contribution in [2.45, 2.75) is 13.5 Å². The molecule has 110 valence electrons. The minimum Gasteiger partial charge on any atom is -0.478 e. The molecule has 0 aliphatic rings. The highest BCUT2D eigenvalue weighted by Gasteiger charge is 2.14. The van der Waals surface area contributed by atoms with Gasteiger partial charge in [-0.15, -0.1) is 0 Å². The van der Waals surface area contributed by atoms with E-state index >= 15 is 0 Å². The molecule has 0 saturated heterocycles. The van der Waals surface area contributed by atoms with Gasteiger partial charge in [0.1, 0.15) is 17.1 Å². The van der Waals surface area contributed by atoms with Gasteiger partial charge in [-0.05, 0) is 31.2 Å². The smallest absolute Gasteiger partial charge is 0.339 e. The lowest BCUT2D eigenvalue weighted by atomic mass is 10.2. The van der Waals surface area contributed by atoms with Gasteiger partial charge < -0.3 is 14.8 Å². The van der Waals surface area contributed by atoms with E-state index in [0.29, 0.717) is 22.1 Å². The van der Waals surface area contributed by atoms with E-state index in [1.165, 1.54) is 18.2 Å². The number of benzene rings is 1. The number of carboxylic acid groups (broad SMARTS) is 1. The van der Waals surface area contributed by atoms with E-state index in [4.69, 9.17) is 32.7 Å². The fraction of sp³-hybridized carbons (Fsp3) is 0.143. The standard InChI is InChI=1S/C14H11Cl2NO4/c1-7-10(14(19)20)5-9(21-7)6-17-13(18)8-2-3-11(15)12(16)4-8/h2-5H,6H2,1H3,(H,17,18)(H,19,20). The Bertz CT molecular complexity index is 709. The topological polar surface area (TPSA) is 79.5 Å². The van der Waals surface area contributed by atoms with E-state index in [2.05, 4.69) is 5.32 Å². The van der Waals surface area contributed by atoms with Crippen LogP contribution in [0.3, 0.4) is 0 Å². The normalized spacial score (nSPS) is 10.4. The van der Waals surface area contributed by atoms with E-state index in [9.17, 15) is 9.59 Å². The first kappa shape index (κ1) is 15.4. The Balaban J connectivity index is 2.05. The molecule has 2 rings (SSSR count). The Hall–Kier alpha value is -1.98. The molecule has 0 aliphatic carbocycles. The summed E-state index contributed by atoms with van der Waals surface area (Å²) in [6.07, 6.45) is 0. The predicted molar refractivity (Wildman–Crippen MR) is 78.0 cm³/mol. The largest absolute Gasteiger partial charge is 0.478 e. The van der Waals surface area contributed by atoms with Gasteiger partial charge in [-0.1, -0.05) is 23.2 Å². The molecule has 0 fully saturated rings. The molecule has 0 aliphatic heterocycles. The van der Waals surface area contributed by atoms with Crippen molar-refractivity contribution in [1.82, 2.24) is 5.32 Å². The molecule has 0 unspecified atom stereocenters. The second kappa shape index (κ2) is 6.20. The molecule has 0 bridgehead atoms. The summed E-state index contributed by atoms with van der Waals surface area (Å²) in [6, 6.07) is 5.90. The quantitative estimate of drug-likeness (QED) is 0.900. The molecule has 0 radical (unpaired) electrons. The number of carbonyl (C=O) groups is 2. The van der Waals surface area contributed by atoms with E-state index in [1.807, 2.05) is 0 Å². The van der Waals surface area contributed by atoms with Crippen LogP contribution >= 0.6 is 23.2 Å². The third-order valence-corrected chi connectivity index (χ3v) is 3.54. The number of rotatable bonds is 4. The number of furan rings is 1. The molecule has 5 nitrogen and oxygen atoms in total. The van der Waals surface area contributed by atoms with Crippen LogP contribution in [0.2, 0.25) is 10.0 Å². The molecule has 0 atom stereocenters. The lowest BCUT2D eigenvalue weighted by Gasteiger charge is -2.04. The highest BCUT2D eigenvalue weighted by atomic mass is 35.5. The lowest BCUT2D eigenvalue weighted by molar-refractivity contribution is 0.0694. The Morgan fingerprint density at radius 3 is 2.52 bits per heavy atom. The maximum atomic E-state index is 11.9. The number of amides is 1. The number of hydrogen-bond acceptors (Lipinski definition) is 3. The van der Waals surface area contributed by atoms with Gasteiger partial charge in [-0.2, -0.15) is 0 Å². The van der Waals surface area contributed by atoms with Crippen LogP contribution in [0.5, 0.6) is 0 Å². The van der Waals surface area contributed by atoms with Crippen molar-refractivity contribution in [1.29, 1.82) is 0 Å². The van der Waals surface area contributed by atoms with Gasteiger partial charge in [0.15, 0.2) is 0 Å². The minimum atomic E-state index is -1.07. The number of carbonyl (C=O) groups excluding carboxylic acids is 1. The summed E-state index contributed by atoms with van der Waals surface area (Å²) in [5, 5.41) is 12.2. The number of aromatic carboxylic acids is 1. The molecule has 1 aromatic heterocycles. The Morgan fingerprint density at radius 1 is 1.24 bits per heavy atom. The average molecular weight is 328 g/mol. The first-order chi connectivity index (χ1) is 9.88. The SMILES string of the molecule is Cc1oc(CNC(=O)c2ccc(Cl)c(Cl)c2)cc1C(=O)O. The maximum Gasteiger partial charge on any atom is 0.339 e. The van der Waals surface area contributed by atoms with Crippen molar-refractivity contribution in [3.05, 3.63) is 57.0 Å². The van der Waals surface area contributed by atoms with Crippen molar-refractivity contribution >= 4 is 35.1 Å². The highest BCUT2D eigenvalue weighted by molar-refractivity contribution is 6.42. The number of nitrogens with one attached hydrogen (secondary N) is 1. The Kier molecular flexibility index (Phi) is 4.55. The zero-order valence-corrected chi connectivity index (χ0v) is 12.5. The molecular formula is C14H11Cl2NO4. The first-order valence-electron chi connectivity index (χ1n) is 5.94. The monoisotopic (exact) mass is 327 g/mol. The zero-order chi connectivity index (χ0) is 15.6. The summed E-state index contributed by atoms with van der Waals surface area (Å²) >= 11 is 11.6.